The number of halogens is 1. The summed E-state index contributed by atoms with van der Waals surface area (Å²) in [5, 5.41) is 6.83. The van der Waals surface area contributed by atoms with E-state index in [1.807, 2.05) is 19.1 Å². The van der Waals surface area contributed by atoms with E-state index >= 15 is 0 Å². The number of nitrogens with zero attached hydrogens (tertiary/aromatic N) is 2. The number of aromatic nitrogens is 1. The molecule has 2 N–H and O–H groups in total. The first-order valence-electron chi connectivity index (χ1n) is 7.02. The topological polar surface area (TPSA) is 57.3 Å². The van der Waals surface area contributed by atoms with Crippen molar-refractivity contribution in [2.24, 2.45) is 0 Å². The second-order valence-corrected chi connectivity index (χ2v) is 6.91. The van der Waals surface area contributed by atoms with E-state index in [9.17, 15) is 4.79 Å². The number of fused-ring (bicyclic) bond motifs is 1. The summed E-state index contributed by atoms with van der Waals surface area (Å²) < 4.78 is 0. The molecule has 2 aromatic rings. The van der Waals surface area contributed by atoms with E-state index in [4.69, 9.17) is 11.6 Å². The van der Waals surface area contributed by atoms with Crippen LogP contribution >= 0.6 is 22.9 Å². The summed E-state index contributed by atoms with van der Waals surface area (Å²) >= 11 is 7.60. The smallest absolute Gasteiger partial charge is 0.308 e. The molecule has 2 amide bonds. The minimum Gasteiger partial charge on any atom is -0.308 e. The third-order valence-corrected chi connectivity index (χ3v) is 5.05. The van der Waals surface area contributed by atoms with Gasteiger partial charge in [0.1, 0.15) is 0 Å². The predicted octanol–water partition coefficient (Wildman–Crippen LogP) is 3.74. The van der Waals surface area contributed by atoms with Crippen LogP contribution in [0, 0.1) is 6.92 Å². The van der Waals surface area contributed by atoms with Crippen molar-refractivity contribution >= 4 is 39.8 Å². The van der Waals surface area contributed by atoms with Crippen molar-refractivity contribution in [3.63, 3.8) is 0 Å². The zero-order valence-corrected chi connectivity index (χ0v) is 14.0. The molecule has 3 rings (SSSR count). The lowest BCUT2D eigenvalue weighted by Gasteiger charge is -2.20. The first-order valence-corrected chi connectivity index (χ1v) is 8.22. The third-order valence-electron chi connectivity index (χ3n) is 3.57. The Hall–Kier alpha value is -1.63. The van der Waals surface area contributed by atoms with Gasteiger partial charge >= 0.3 is 6.03 Å². The van der Waals surface area contributed by atoms with Crippen LogP contribution in [0.2, 0.25) is 5.02 Å². The number of urea groups is 1. The van der Waals surface area contributed by atoms with Gasteiger partial charge in [0.2, 0.25) is 0 Å². The van der Waals surface area contributed by atoms with Gasteiger partial charge < -0.3 is 10.2 Å². The van der Waals surface area contributed by atoms with E-state index in [1.54, 1.807) is 17.4 Å². The number of hydrogen-bond donors (Lipinski definition) is 2. The Labute approximate surface area is 138 Å². The number of carbonyl (C=O) groups is 1. The van der Waals surface area contributed by atoms with Crippen LogP contribution < -0.4 is 10.6 Å². The molecule has 0 atom stereocenters. The van der Waals surface area contributed by atoms with Gasteiger partial charge in [-0.2, -0.15) is 0 Å². The van der Waals surface area contributed by atoms with E-state index in [0.717, 1.165) is 30.8 Å². The Balaban J connectivity index is 1.65. The first-order chi connectivity index (χ1) is 10.5. The van der Waals surface area contributed by atoms with Gasteiger partial charge in [0, 0.05) is 28.7 Å². The number of benzene rings is 1. The molecule has 1 aromatic carbocycles. The highest BCUT2D eigenvalue weighted by atomic mass is 35.5. The fourth-order valence-electron chi connectivity index (χ4n) is 2.31. The van der Waals surface area contributed by atoms with Crippen LogP contribution in [0.1, 0.15) is 16.1 Å². The van der Waals surface area contributed by atoms with Crippen LogP contribution in [-0.2, 0) is 13.0 Å². The quantitative estimate of drug-likeness (QED) is 0.878. The molecule has 1 aliphatic rings. The highest BCUT2D eigenvalue weighted by Crippen LogP contribution is 2.27. The highest BCUT2D eigenvalue weighted by Gasteiger charge is 2.19. The third kappa shape index (κ3) is 3.40. The van der Waals surface area contributed by atoms with Gasteiger partial charge in [-0.15, -0.1) is 11.3 Å². The molecule has 0 fully saturated rings. The summed E-state index contributed by atoms with van der Waals surface area (Å²) in [4.78, 5) is 20.0. The van der Waals surface area contributed by atoms with E-state index in [1.165, 1.54) is 4.88 Å². The van der Waals surface area contributed by atoms with Gasteiger partial charge in [0.25, 0.3) is 0 Å². The second kappa shape index (κ2) is 6.24. The maximum atomic E-state index is 12.0. The number of thiazole rings is 1. The van der Waals surface area contributed by atoms with Crippen LogP contribution in [0.15, 0.2) is 18.2 Å². The van der Waals surface area contributed by atoms with Crippen LogP contribution in [0.3, 0.4) is 0 Å². The number of rotatable bonds is 2. The molecule has 0 saturated carbocycles. The normalized spacial score (nSPS) is 14.5. The van der Waals surface area contributed by atoms with Crippen LogP contribution in [0.5, 0.6) is 0 Å². The molecular formula is C15H17ClN4OS. The number of aryl methyl sites for hydroxylation is 1. The van der Waals surface area contributed by atoms with Crippen molar-refractivity contribution in [1.82, 2.24) is 9.88 Å². The van der Waals surface area contributed by atoms with Crippen LogP contribution in [0.25, 0.3) is 0 Å². The molecule has 0 radical (unpaired) electrons. The summed E-state index contributed by atoms with van der Waals surface area (Å²) in [6.45, 7) is 3.79. The minimum absolute atomic E-state index is 0.306. The van der Waals surface area contributed by atoms with Crippen molar-refractivity contribution in [1.29, 1.82) is 0 Å². The van der Waals surface area contributed by atoms with E-state index in [0.29, 0.717) is 15.8 Å². The number of hydrogen-bond acceptors (Lipinski definition) is 4. The van der Waals surface area contributed by atoms with Crippen molar-refractivity contribution in [3.8, 4) is 0 Å². The predicted molar refractivity (Wildman–Crippen MR) is 91.0 cm³/mol. The molecule has 0 aliphatic carbocycles. The molecular weight excluding hydrogens is 320 g/mol. The molecule has 0 unspecified atom stereocenters. The molecule has 22 heavy (non-hydrogen) atoms. The van der Waals surface area contributed by atoms with Gasteiger partial charge in [-0.1, -0.05) is 17.7 Å². The molecule has 1 aromatic heterocycles. The summed E-state index contributed by atoms with van der Waals surface area (Å²) in [7, 11) is 2.07. The standard InChI is InChI=1S/C15H17ClN4OS/c1-9-3-4-10(7-11(9)16)17-14(21)19-15-18-12-8-20(2)6-5-13(12)22-15/h3-4,7H,5-6,8H2,1-2H3,(H2,17,18,19,21). The Bertz CT molecular complexity index is 716. The Kier molecular flexibility index (Phi) is 4.33. The van der Waals surface area contributed by atoms with Crippen molar-refractivity contribution in [2.45, 2.75) is 19.9 Å². The lowest BCUT2D eigenvalue weighted by Crippen LogP contribution is -2.25. The Morgan fingerprint density at radius 1 is 1.41 bits per heavy atom. The Morgan fingerprint density at radius 3 is 3.00 bits per heavy atom. The number of anilines is 2. The molecule has 0 saturated heterocycles. The maximum absolute atomic E-state index is 12.0. The van der Waals surface area contributed by atoms with Gasteiger partial charge in [-0.3, -0.25) is 5.32 Å². The molecule has 0 spiro atoms. The number of likely N-dealkylation sites (N-methyl/N-ethyl adjacent to an activating group) is 1. The lowest BCUT2D eigenvalue weighted by atomic mass is 10.2. The average molecular weight is 337 g/mol. The van der Waals surface area contributed by atoms with Crippen LogP contribution in [0.4, 0.5) is 15.6 Å². The fraction of sp³-hybridized carbons (Fsp3) is 0.333. The average Bonchev–Trinajstić information content (AvgIpc) is 2.84. The first kappa shape index (κ1) is 15.3. The van der Waals surface area contributed by atoms with Gasteiger partial charge in [0.15, 0.2) is 5.13 Å². The van der Waals surface area contributed by atoms with Gasteiger partial charge in [-0.05, 0) is 38.1 Å². The van der Waals surface area contributed by atoms with Gasteiger partial charge in [-0.25, -0.2) is 9.78 Å². The Morgan fingerprint density at radius 2 is 2.23 bits per heavy atom. The zero-order valence-electron chi connectivity index (χ0n) is 12.4. The summed E-state index contributed by atoms with van der Waals surface area (Å²) in [6, 6.07) is 5.12. The lowest BCUT2D eigenvalue weighted by molar-refractivity contribution is 0.262. The molecule has 7 heteroatoms. The fourth-order valence-corrected chi connectivity index (χ4v) is 3.45. The molecule has 0 bridgehead atoms. The largest absolute Gasteiger partial charge is 0.325 e. The molecule has 116 valence electrons. The van der Waals surface area contributed by atoms with E-state index in [-0.39, 0.29) is 6.03 Å². The molecule has 5 nitrogen and oxygen atoms in total. The zero-order chi connectivity index (χ0) is 15.7. The summed E-state index contributed by atoms with van der Waals surface area (Å²) in [5.74, 6) is 0. The van der Waals surface area contributed by atoms with E-state index in [2.05, 4.69) is 27.6 Å². The minimum atomic E-state index is -0.306. The molecule has 1 aliphatic heterocycles. The SMILES string of the molecule is Cc1ccc(NC(=O)Nc2nc3c(s2)CCN(C)C3)cc1Cl. The van der Waals surface area contributed by atoms with Crippen molar-refractivity contribution in [2.75, 3.05) is 24.2 Å². The van der Waals surface area contributed by atoms with E-state index < -0.39 is 0 Å². The maximum Gasteiger partial charge on any atom is 0.325 e. The monoisotopic (exact) mass is 336 g/mol. The van der Waals surface area contributed by atoms with Crippen molar-refractivity contribution in [3.05, 3.63) is 39.4 Å². The highest BCUT2D eigenvalue weighted by molar-refractivity contribution is 7.15. The number of carbonyl (C=O) groups excluding carboxylic acids is 1. The second-order valence-electron chi connectivity index (χ2n) is 5.42. The number of amides is 2. The number of nitrogens with one attached hydrogen (secondary N) is 2. The van der Waals surface area contributed by atoms with Gasteiger partial charge in [0.05, 0.1) is 5.69 Å². The van der Waals surface area contributed by atoms with Crippen LogP contribution in [-0.4, -0.2) is 29.5 Å². The summed E-state index contributed by atoms with van der Waals surface area (Å²) in [6.07, 6.45) is 0.986. The molecule has 2 heterocycles. The van der Waals surface area contributed by atoms with Crippen molar-refractivity contribution < 1.29 is 4.79 Å². The summed E-state index contributed by atoms with van der Waals surface area (Å²) in [5.41, 5.74) is 2.70.